The van der Waals surface area contributed by atoms with Gasteiger partial charge in [0, 0.05) is 67.5 Å². The Morgan fingerprint density at radius 3 is 2.42 bits per heavy atom. The fraction of sp³-hybridized carbons (Fsp3) is 0.345. The molecule has 2 fully saturated rings. The first-order chi connectivity index (χ1) is 18.3. The van der Waals surface area contributed by atoms with Gasteiger partial charge in [0.15, 0.2) is 0 Å². The van der Waals surface area contributed by atoms with E-state index in [1.54, 1.807) is 6.07 Å². The van der Waals surface area contributed by atoms with Gasteiger partial charge in [0.25, 0.3) is 11.8 Å². The van der Waals surface area contributed by atoms with Crippen molar-refractivity contribution in [1.82, 2.24) is 10.2 Å². The molecule has 7 nitrogen and oxygen atoms in total. The number of anilines is 2. The minimum absolute atomic E-state index is 0.0830. The topological polar surface area (TPSA) is 81.8 Å². The zero-order valence-corrected chi connectivity index (χ0v) is 20.8. The van der Waals surface area contributed by atoms with Crippen LogP contribution < -0.4 is 15.5 Å². The maximum Gasteiger partial charge on any atom is 0.259 e. The minimum atomic E-state index is -2.54. The Hall–Kier alpha value is -3.85. The highest BCUT2D eigenvalue weighted by Crippen LogP contribution is 2.42. The zero-order valence-electron chi connectivity index (χ0n) is 20.8. The molecule has 3 amide bonds. The van der Waals surface area contributed by atoms with Crippen LogP contribution in [0.4, 0.5) is 20.2 Å². The number of amides is 3. The maximum absolute atomic E-state index is 13.4. The van der Waals surface area contributed by atoms with Crippen molar-refractivity contribution in [2.75, 3.05) is 23.3 Å². The van der Waals surface area contributed by atoms with E-state index in [0.717, 1.165) is 27.6 Å². The molecule has 3 aromatic carbocycles. The monoisotopic (exact) mass is 518 g/mol. The first kappa shape index (κ1) is 24.5. The number of rotatable bonds is 6. The second-order valence-corrected chi connectivity index (χ2v) is 10.3. The number of hydrogen-bond acceptors (Lipinski definition) is 5. The summed E-state index contributed by atoms with van der Waals surface area (Å²) in [6.07, 6.45) is 0.332. The lowest BCUT2D eigenvalue weighted by atomic mass is 10.0. The largest absolute Gasteiger partial charge is 0.380 e. The summed E-state index contributed by atoms with van der Waals surface area (Å²) < 4.78 is 26.8. The van der Waals surface area contributed by atoms with Crippen molar-refractivity contribution in [1.29, 1.82) is 0 Å². The summed E-state index contributed by atoms with van der Waals surface area (Å²) in [5.74, 6) is -3.53. The van der Waals surface area contributed by atoms with Crippen LogP contribution in [0.1, 0.15) is 47.2 Å². The van der Waals surface area contributed by atoms with Gasteiger partial charge in [-0.2, -0.15) is 0 Å². The van der Waals surface area contributed by atoms with E-state index in [1.807, 2.05) is 48.5 Å². The molecule has 0 aromatic heterocycles. The van der Waals surface area contributed by atoms with Gasteiger partial charge in [-0.3, -0.25) is 29.5 Å². The van der Waals surface area contributed by atoms with Crippen molar-refractivity contribution < 1.29 is 23.2 Å². The number of nitrogens with one attached hydrogen (secondary N) is 2. The van der Waals surface area contributed by atoms with Gasteiger partial charge in [-0.1, -0.05) is 36.4 Å². The molecule has 1 atom stereocenters. The van der Waals surface area contributed by atoms with Crippen LogP contribution >= 0.6 is 0 Å². The highest BCUT2D eigenvalue weighted by Gasteiger charge is 2.41. The van der Waals surface area contributed by atoms with E-state index in [1.165, 1.54) is 4.90 Å². The number of piperidine rings is 2. The van der Waals surface area contributed by atoms with Crippen molar-refractivity contribution >= 4 is 39.9 Å². The van der Waals surface area contributed by atoms with Crippen LogP contribution in [0.5, 0.6) is 0 Å². The number of carbonyl (C=O) groups is 3. The molecule has 3 aromatic rings. The SMILES string of the molecule is O=C1CCC(N2C(=O)c3cccc4c(NCc5ccc(CN6CCC(F)(F)CC6)cc5)ccc2c34)C(=O)N1. The lowest BCUT2D eigenvalue weighted by Gasteiger charge is -2.31. The lowest BCUT2D eigenvalue weighted by molar-refractivity contribution is -0.134. The van der Waals surface area contributed by atoms with Gasteiger partial charge < -0.3 is 5.32 Å². The molecule has 196 valence electrons. The predicted octanol–water partition coefficient (Wildman–Crippen LogP) is 4.45. The van der Waals surface area contributed by atoms with E-state index in [4.69, 9.17) is 0 Å². The number of carbonyl (C=O) groups excluding carboxylic acids is 3. The second-order valence-electron chi connectivity index (χ2n) is 10.3. The summed E-state index contributed by atoms with van der Waals surface area (Å²) in [7, 11) is 0. The third-order valence-corrected chi connectivity index (χ3v) is 7.75. The van der Waals surface area contributed by atoms with Crippen LogP contribution in [-0.2, 0) is 22.7 Å². The molecular weight excluding hydrogens is 490 g/mol. The maximum atomic E-state index is 13.4. The second kappa shape index (κ2) is 9.47. The lowest BCUT2D eigenvalue weighted by Crippen LogP contribution is -2.53. The van der Waals surface area contributed by atoms with Crippen LogP contribution in [0.2, 0.25) is 0 Å². The highest BCUT2D eigenvalue weighted by atomic mass is 19.3. The normalized spacial score (nSPS) is 21.2. The highest BCUT2D eigenvalue weighted by molar-refractivity contribution is 6.28. The Bertz CT molecular complexity index is 1430. The molecule has 38 heavy (non-hydrogen) atoms. The first-order valence-corrected chi connectivity index (χ1v) is 12.9. The van der Waals surface area contributed by atoms with Gasteiger partial charge in [-0.15, -0.1) is 0 Å². The fourth-order valence-corrected chi connectivity index (χ4v) is 5.65. The smallest absolute Gasteiger partial charge is 0.259 e. The number of benzene rings is 3. The minimum Gasteiger partial charge on any atom is -0.380 e. The van der Waals surface area contributed by atoms with Gasteiger partial charge in [0.2, 0.25) is 11.8 Å². The molecule has 0 radical (unpaired) electrons. The average Bonchev–Trinajstić information content (AvgIpc) is 3.18. The molecule has 2 saturated heterocycles. The average molecular weight is 519 g/mol. The number of hydrogen-bond donors (Lipinski definition) is 2. The number of alkyl halides is 2. The van der Waals surface area contributed by atoms with Crippen LogP contribution in [0.25, 0.3) is 10.8 Å². The van der Waals surface area contributed by atoms with Gasteiger partial charge in [0.1, 0.15) is 6.04 Å². The molecule has 3 aliphatic rings. The van der Waals surface area contributed by atoms with E-state index in [9.17, 15) is 23.2 Å². The van der Waals surface area contributed by atoms with Crippen molar-refractivity contribution in [3.63, 3.8) is 0 Å². The standard InChI is InChI=1S/C29H28F2N4O3/c30-29(31)12-14-34(15-13-29)17-19-6-4-18(5-7-19)16-32-22-8-9-23-26-20(22)2-1-3-21(26)28(38)35(23)24-10-11-25(36)33-27(24)37/h1-9,24,32H,10-17H2,(H,33,36,37). The summed E-state index contributed by atoms with van der Waals surface area (Å²) >= 11 is 0. The third-order valence-electron chi connectivity index (χ3n) is 7.75. The van der Waals surface area contributed by atoms with Gasteiger partial charge in [0.05, 0.1) is 5.69 Å². The number of imide groups is 1. The molecule has 0 saturated carbocycles. The molecule has 0 spiro atoms. The Morgan fingerprint density at radius 2 is 1.68 bits per heavy atom. The van der Waals surface area contributed by atoms with Crippen molar-refractivity contribution in [3.05, 3.63) is 71.3 Å². The van der Waals surface area contributed by atoms with Gasteiger partial charge in [-0.05, 0) is 35.7 Å². The third kappa shape index (κ3) is 4.51. The Balaban J connectivity index is 1.17. The van der Waals surface area contributed by atoms with Crippen molar-refractivity contribution in [2.45, 2.75) is 50.7 Å². The van der Waals surface area contributed by atoms with E-state index >= 15 is 0 Å². The summed E-state index contributed by atoms with van der Waals surface area (Å²) in [4.78, 5) is 41.0. The van der Waals surface area contributed by atoms with Gasteiger partial charge >= 0.3 is 0 Å². The van der Waals surface area contributed by atoms with E-state index in [2.05, 4.69) is 15.5 Å². The molecular formula is C29H28F2N4O3. The van der Waals surface area contributed by atoms with Crippen LogP contribution in [-0.4, -0.2) is 47.7 Å². The number of halogens is 2. The summed E-state index contributed by atoms with van der Waals surface area (Å²) in [6, 6.07) is 16.8. The molecule has 2 N–H and O–H groups in total. The predicted molar refractivity (Wildman–Crippen MR) is 140 cm³/mol. The van der Waals surface area contributed by atoms with Crippen LogP contribution in [0.3, 0.4) is 0 Å². The zero-order chi connectivity index (χ0) is 26.4. The Morgan fingerprint density at radius 1 is 0.947 bits per heavy atom. The van der Waals surface area contributed by atoms with Crippen molar-refractivity contribution in [2.24, 2.45) is 0 Å². The van der Waals surface area contributed by atoms with E-state index in [0.29, 0.717) is 43.9 Å². The quantitative estimate of drug-likeness (QED) is 0.472. The molecule has 6 rings (SSSR count). The van der Waals surface area contributed by atoms with Crippen LogP contribution in [0, 0.1) is 0 Å². The van der Waals surface area contributed by atoms with Crippen LogP contribution in [0.15, 0.2) is 54.6 Å². The molecule has 0 bridgehead atoms. The van der Waals surface area contributed by atoms with E-state index < -0.39 is 17.9 Å². The molecule has 0 aliphatic carbocycles. The van der Waals surface area contributed by atoms with E-state index in [-0.39, 0.29) is 31.1 Å². The van der Waals surface area contributed by atoms with Gasteiger partial charge in [-0.25, -0.2) is 8.78 Å². The fourth-order valence-electron chi connectivity index (χ4n) is 5.65. The molecule has 9 heteroatoms. The number of likely N-dealkylation sites (tertiary alicyclic amines) is 1. The molecule has 1 unspecified atom stereocenters. The first-order valence-electron chi connectivity index (χ1n) is 12.9. The summed E-state index contributed by atoms with van der Waals surface area (Å²) in [5.41, 5.74) is 4.27. The molecule has 3 aliphatic heterocycles. The summed E-state index contributed by atoms with van der Waals surface area (Å²) in [6.45, 7) is 2.05. The molecule has 3 heterocycles. The number of nitrogens with zero attached hydrogens (tertiary/aromatic N) is 2. The van der Waals surface area contributed by atoms with Crippen molar-refractivity contribution in [3.8, 4) is 0 Å². The Labute approximate surface area is 218 Å². The Kier molecular flexibility index (Phi) is 6.10. The summed E-state index contributed by atoms with van der Waals surface area (Å²) in [5, 5.41) is 7.51.